The van der Waals surface area contributed by atoms with Gasteiger partial charge >= 0.3 is 0 Å². The highest BCUT2D eigenvalue weighted by atomic mass is 32.2. The van der Waals surface area contributed by atoms with Gasteiger partial charge in [0, 0.05) is 23.1 Å². The Morgan fingerprint density at radius 1 is 1.32 bits per heavy atom. The first kappa shape index (κ1) is 13.8. The first-order valence-electron chi connectivity index (χ1n) is 5.85. The molecule has 4 nitrogen and oxygen atoms in total. The van der Waals surface area contributed by atoms with E-state index in [-0.39, 0.29) is 11.4 Å². The average Bonchev–Trinajstić information content (AvgIpc) is 2.38. The monoisotopic (exact) mass is 279 g/mol. The van der Waals surface area contributed by atoms with Crippen molar-refractivity contribution in [1.82, 2.24) is 9.97 Å². The van der Waals surface area contributed by atoms with E-state index in [1.54, 1.807) is 12.1 Å². The number of thioether (sulfide) groups is 1. The van der Waals surface area contributed by atoms with Gasteiger partial charge in [-0.1, -0.05) is 0 Å². The summed E-state index contributed by atoms with van der Waals surface area (Å²) in [7, 11) is 0. The summed E-state index contributed by atoms with van der Waals surface area (Å²) >= 11 is 1.49. The number of nitrogens with one attached hydrogen (secondary N) is 1. The summed E-state index contributed by atoms with van der Waals surface area (Å²) < 4.78 is 12.8. The number of nitrogens with zero attached hydrogens (tertiary/aromatic N) is 1. The molecule has 3 N–H and O–H groups in total. The zero-order valence-corrected chi connectivity index (χ0v) is 11.0. The lowest BCUT2D eigenvalue weighted by molar-refractivity contribution is 0.626. The summed E-state index contributed by atoms with van der Waals surface area (Å²) in [6.45, 7) is 0.459. The van der Waals surface area contributed by atoms with Gasteiger partial charge in [-0.25, -0.2) is 9.37 Å². The van der Waals surface area contributed by atoms with Crippen LogP contribution in [0.5, 0.6) is 0 Å². The summed E-state index contributed by atoms with van der Waals surface area (Å²) in [5, 5.41) is 0. The molecule has 6 heteroatoms. The van der Waals surface area contributed by atoms with Gasteiger partial charge in [-0.2, -0.15) is 0 Å². The minimum atomic E-state index is -0.263. The van der Waals surface area contributed by atoms with E-state index in [2.05, 4.69) is 9.97 Å². The maximum Gasteiger partial charge on any atom is 0.251 e. The van der Waals surface area contributed by atoms with Gasteiger partial charge in [-0.15, -0.1) is 11.8 Å². The van der Waals surface area contributed by atoms with E-state index in [0.717, 1.165) is 4.90 Å². The smallest absolute Gasteiger partial charge is 0.251 e. The Morgan fingerprint density at radius 2 is 2.05 bits per heavy atom. The fourth-order valence-corrected chi connectivity index (χ4v) is 2.36. The molecule has 1 aromatic carbocycles. The van der Waals surface area contributed by atoms with Gasteiger partial charge < -0.3 is 10.7 Å². The van der Waals surface area contributed by atoms with Crippen molar-refractivity contribution in [3.05, 3.63) is 58.0 Å². The molecule has 1 aromatic heterocycles. The highest BCUT2D eigenvalue weighted by molar-refractivity contribution is 7.98. The number of H-pyrrole nitrogens is 1. The second kappa shape index (κ2) is 6.49. The number of aromatic amines is 1. The van der Waals surface area contributed by atoms with Gasteiger partial charge in [0.1, 0.15) is 11.6 Å². The van der Waals surface area contributed by atoms with Gasteiger partial charge in [-0.3, -0.25) is 4.79 Å². The van der Waals surface area contributed by atoms with Gasteiger partial charge in [0.05, 0.1) is 5.75 Å². The molecule has 0 atom stereocenters. The third kappa shape index (κ3) is 4.18. The van der Waals surface area contributed by atoms with Gasteiger partial charge in [0.15, 0.2) is 0 Å². The normalized spacial score (nSPS) is 10.6. The van der Waals surface area contributed by atoms with Crippen molar-refractivity contribution in [3.8, 4) is 0 Å². The zero-order chi connectivity index (χ0) is 13.7. The highest BCUT2D eigenvalue weighted by Gasteiger charge is 2.02. The van der Waals surface area contributed by atoms with Crippen molar-refractivity contribution in [2.24, 2.45) is 5.73 Å². The molecule has 0 aliphatic carbocycles. The van der Waals surface area contributed by atoms with Crippen LogP contribution in [-0.4, -0.2) is 16.5 Å². The number of aromatic nitrogens is 2. The SMILES string of the molecule is NCCc1cc(=O)[nH]c(CSc2ccc(F)cc2)n1. The maximum atomic E-state index is 12.8. The largest absolute Gasteiger partial charge is 0.330 e. The first-order valence-corrected chi connectivity index (χ1v) is 6.83. The van der Waals surface area contributed by atoms with Crippen molar-refractivity contribution in [2.45, 2.75) is 17.1 Å². The van der Waals surface area contributed by atoms with Crippen molar-refractivity contribution in [2.75, 3.05) is 6.54 Å². The molecule has 2 aromatic rings. The summed E-state index contributed by atoms with van der Waals surface area (Å²) in [5.74, 6) is 0.866. The third-order valence-corrected chi connectivity index (χ3v) is 3.46. The first-order chi connectivity index (χ1) is 9.17. The van der Waals surface area contributed by atoms with Gasteiger partial charge in [-0.05, 0) is 30.8 Å². The maximum absolute atomic E-state index is 12.8. The molecule has 2 rings (SSSR count). The molecule has 0 radical (unpaired) electrons. The molecule has 0 saturated heterocycles. The van der Waals surface area contributed by atoms with E-state index >= 15 is 0 Å². The van der Waals surface area contributed by atoms with Crippen molar-refractivity contribution in [1.29, 1.82) is 0 Å². The number of hydrogen-bond acceptors (Lipinski definition) is 4. The number of rotatable bonds is 5. The molecule has 0 aliphatic heterocycles. The molecule has 0 spiro atoms. The minimum Gasteiger partial charge on any atom is -0.330 e. The molecule has 0 fully saturated rings. The van der Waals surface area contributed by atoms with E-state index in [1.807, 2.05) is 0 Å². The molecule has 100 valence electrons. The summed E-state index contributed by atoms with van der Waals surface area (Å²) in [5.41, 5.74) is 5.97. The van der Waals surface area contributed by atoms with Crippen LogP contribution in [0.2, 0.25) is 0 Å². The van der Waals surface area contributed by atoms with E-state index < -0.39 is 0 Å². The topological polar surface area (TPSA) is 71.8 Å². The lowest BCUT2D eigenvalue weighted by Gasteiger charge is -2.04. The Balaban J connectivity index is 2.06. The highest BCUT2D eigenvalue weighted by Crippen LogP contribution is 2.21. The molecular weight excluding hydrogens is 265 g/mol. The minimum absolute atomic E-state index is 0.173. The van der Waals surface area contributed by atoms with Crippen LogP contribution in [0.3, 0.4) is 0 Å². The van der Waals surface area contributed by atoms with Gasteiger partial charge in [0.2, 0.25) is 0 Å². The van der Waals surface area contributed by atoms with Crippen LogP contribution in [-0.2, 0) is 12.2 Å². The third-order valence-electron chi connectivity index (χ3n) is 2.43. The Labute approximate surface area is 114 Å². The van der Waals surface area contributed by atoms with E-state index in [1.165, 1.54) is 30.0 Å². The molecule has 0 unspecified atom stereocenters. The summed E-state index contributed by atoms with van der Waals surface area (Å²) in [6.07, 6.45) is 0.581. The number of hydrogen-bond donors (Lipinski definition) is 2. The Morgan fingerprint density at radius 3 is 2.74 bits per heavy atom. The van der Waals surface area contributed by atoms with Crippen LogP contribution < -0.4 is 11.3 Å². The zero-order valence-electron chi connectivity index (χ0n) is 10.2. The molecule has 0 bridgehead atoms. The lowest BCUT2D eigenvalue weighted by Crippen LogP contribution is -2.14. The van der Waals surface area contributed by atoms with E-state index in [0.29, 0.717) is 30.2 Å². The van der Waals surface area contributed by atoms with Crippen LogP contribution in [0, 0.1) is 5.82 Å². The predicted octanol–water partition coefficient (Wildman–Crippen LogP) is 1.70. The van der Waals surface area contributed by atoms with Crippen molar-refractivity contribution >= 4 is 11.8 Å². The molecule has 1 heterocycles. The standard InChI is InChI=1S/C13H14FN3OS/c14-9-1-3-11(4-2-9)19-8-12-16-10(5-6-15)7-13(18)17-12/h1-4,7H,5-6,8,15H2,(H,16,17,18). The van der Waals surface area contributed by atoms with Gasteiger partial charge in [0.25, 0.3) is 5.56 Å². The molecule has 19 heavy (non-hydrogen) atoms. The van der Waals surface area contributed by atoms with Crippen LogP contribution in [0.1, 0.15) is 11.5 Å². The van der Waals surface area contributed by atoms with Crippen LogP contribution >= 0.6 is 11.8 Å². The average molecular weight is 279 g/mol. The number of nitrogens with two attached hydrogens (primary N) is 1. The van der Waals surface area contributed by atoms with Crippen molar-refractivity contribution in [3.63, 3.8) is 0 Å². The molecule has 0 amide bonds. The van der Waals surface area contributed by atoms with Crippen LogP contribution in [0.25, 0.3) is 0 Å². The quantitative estimate of drug-likeness (QED) is 0.817. The second-order valence-electron chi connectivity index (χ2n) is 3.96. The predicted molar refractivity (Wildman–Crippen MR) is 73.6 cm³/mol. The van der Waals surface area contributed by atoms with E-state index in [4.69, 9.17) is 5.73 Å². The van der Waals surface area contributed by atoms with Crippen molar-refractivity contribution < 1.29 is 4.39 Å². The molecule has 0 aliphatic rings. The molecular formula is C13H14FN3OS. The summed E-state index contributed by atoms with van der Waals surface area (Å²) in [6, 6.07) is 7.66. The number of halogens is 1. The van der Waals surface area contributed by atoms with E-state index in [9.17, 15) is 9.18 Å². The fourth-order valence-electron chi connectivity index (χ4n) is 1.59. The Bertz CT molecular complexity index is 598. The Kier molecular flexibility index (Phi) is 4.70. The Hall–Kier alpha value is -1.66. The molecule has 0 saturated carbocycles. The fraction of sp³-hybridized carbons (Fsp3) is 0.231. The van der Waals surface area contributed by atoms with Crippen LogP contribution in [0.15, 0.2) is 40.0 Å². The summed E-state index contributed by atoms with van der Waals surface area (Å²) in [4.78, 5) is 19.4. The number of benzene rings is 1. The van der Waals surface area contributed by atoms with Crippen LogP contribution in [0.4, 0.5) is 4.39 Å². The second-order valence-corrected chi connectivity index (χ2v) is 5.01. The lowest BCUT2D eigenvalue weighted by atomic mass is 10.3.